The molecule has 2 aromatic carbocycles. The first-order chi connectivity index (χ1) is 16.7. The fraction of sp³-hybridized carbons (Fsp3) is 0.536. The van der Waals surface area contributed by atoms with Crippen LogP contribution in [0.25, 0.3) is 0 Å². The number of rotatable bonds is 11. The van der Waals surface area contributed by atoms with Crippen molar-refractivity contribution >= 4 is 16.1 Å². The minimum atomic E-state index is -3.80. The topological polar surface area (TPSA) is 93.7 Å². The minimum absolute atomic E-state index is 0.211. The number of hydrogen-bond donors (Lipinski definition) is 2. The third-order valence-corrected chi connectivity index (χ3v) is 8.14. The van der Waals surface area contributed by atoms with Gasteiger partial charge in [0.2, 0.25) is 10.0 Å². The summed E-state index contributed by atoms with van der Waals surface area (Å²) in [6.07, 6.45) is 0.563. The Labute approximate surface area is 217 Å². The Hall–Kier alpha value is -2.42. The smallest absolute Gasteiger partial charge is 0.407 e. The number of hydrogen-bond acceptors (Lipinski definition) is 5. The predicted molar refractivity (Wildman–Crippen MR) is 144 cm³/mol. The van der Waals surface area contributed by atoms with Gasteiger partial charge in [-0.3, -0.25) is 0 Å². The summed E-state index contributed by atoms with van der Waals surface area (Å²) in [6, 6.07) is 9.29. The van der Waals surface area contributed by atoms with E-state index < -0.39 is 27.8 Å². The molecule has 1 amide bonds. The molecule has 0 radical (unpaired) electrons. The Morgan fingerprint density at radius 2 is 1.47 bits per heavy atom. The maximum Gasteiger partial charge on any atom is 0.407 e. The molecule has 8 heteroatoms. The second-order valence-corrected chi connectivity index (χ2v) is 12.0. The third kappa shape index (κ3) is 8.61. The highest BCUT2D eigenvalue weighted by molar-refractivity contribution is 7.89. The van der Waals surface area contributed by atoms with E-state index in [9.17, 15) is 13.2 Å². The zero-order chi connectivity index (χ0) is 27.1. The molecule has 0 aliphatic rings. The largest absolute Gasteiger partial charge is 0.444 e. The molecule has 0 aromatic heterocycles. The number of ether oxygens (including phenoxy) is 2. The van der Waals surface area contributed by atoms with E-state index in [1.807, 2.05) is 65.0 Å². The Balaban J connectivity index is 2.14. The van der Waals surface area contributed by atoms with Gasteiger partial charge in [0.05, 0.1) is 18.1 Å². The fourth-order valence-corrected chi connectivity index (χ4v) is 5.92. The van der Waals surface area contributed by atoms with E-state index in [1.54, 1.807) is 20.8 Å². The van der Waals surface area contributed by atoms with Crippen molar-refractivity contribution in [3.8, 4) is 0 Å². The van der Waals surface area contributed by atoms with Crippen LogP contribution >= 0.6 is 0 Å². The van der Waals surface area contributed by atoms with Crippen molar-refractivity contribution in [1.82, 2.24) is 10.0 Å². The van der Waals surface area contributed by atoms with Crippen molar-refractivity contribution in [3.63, 3.8) is 0 Å². The van der Waals surface area contributed by atoms with Gasteiger partial charge in [0.1, 0.15) is 5.60 Å². The number of nitrogens with one attached hydrogen (secondary N) is 2. The number of carbonyl (C=O) groups is 1. The van der Waals surface area contributed by atoms with Gasteiger partial charge in [-0.25, -0.2) is 17.9 Å². The summed E-state index contributed by atoms with van der Waals surface area (Å²) in [4.78, 5) is 12.3. The van der Waals surface area contributed by atoms with Crippen LogP contribution in [0.2, 0.25) is 0 Å². The van der Waals surface area contributed by atoms with Crippen LogP contribution in [0.1, 0.15) is 67.0 Å². The van der Waals surface area contributed by atoms with Gasteiger partial charge >= 0.3 is 6.09 Å². The summed E-state index contributed by atoms with van der Waals surface area (Å²) in [7, 11) is -3.80. The van der Waals surface area contributed by atoms with Crippen LogP contribution in [-0.2, 0) is 26.1 Å². The maximum absolute atomic E-state index is 13.6. The highest BCUT2D eigenvalue weighted by Crippen LogP contribution is 2.29. The first kappa shape index (κ1) is 29.8. The van der Waals surface area contributed by atoms with Crippen LogP contribution in [0.4, 0.5) is 4.79 Å². The van der Waals surface area contributed by atoms with Gasteiger partial charge in [0.25, 0.3) is 0 Å². The first-order valence-electron chi connectivity index (χ1n) is 12.4. The van der Waals surface area contributed by atoms with Crippen molar-refractivity contribution in [2.45, 2.75) is 91.4 Å². The molecule has 2 rings (SSSR count). The van der Waals surface area contributed by atoms with Crippen molar-refractivity contribution in [2.24, 2.45) is 0 Å². The second-order valence-electron chi connectivity index (χ2n) is 10.3. The molecule has 0 heterocycles. The highest BCUT2D eigenvalue weighted by atomic mass is 32.2. The van der Waals surface area contributed by atoms with E-state index in [2.05, 4.69) is 10.0 Å². The minimum Gasteiger partial charge on any atom is -0.444 e. The Kier molecular flexibility index (Phi) is 10.5. The average Bonchev–Trinajstić information content (AvgIpc) is 2.78. The Morgan fingerprint density at radius 3 is 2.03 bits per heavy atom. The van der Waals surface area contributed by atoms with Crippen LogP contribution in [0.15, 0.2) is 35.2 Å². The van der Waals surface area contributed by atoms with Gasteiger partial charge in [0.15, 0.2) is 0 Å². The molecular formula is C28H42N2O5S. The normalized spacial score (nSPS) is 12.9. The number of alkyl carbamates (subject to hydrolysis) is 1. The zero-order valence-corrected chi connectivity index (χ0v) is 23.8. The summed E-state index contributed by atoms with van der Waals surface area (Å²) in [5.74, 6) is 0. The van der Waals surface area contributed by atoms with Crippen molar-refractivity contribution < 1.29 is 22.7 Å². The van der Waals surface area contributed by atoms with Gasteiger partial charge in [-0.2, -0.15) is 0 Å². The van der Waals surface area contributed by atoms with Gasteiger partial charge in [-0.1, -0.05) is 30.3 Å². The third-order valence-electron chi connectivity index (χ3n) is 6.35. The fourth-order valence-electron chi connectivity index (χ4n) is 4.07. The molecule has 0 aliphatic heterocycles. The van der Waals surface area contributed by atoms with Crippen LogP contribution < -0.4 is 10.0 Å². The summed E-state index contributed by atoms with van der Waals surface area (Å²) < 4.78 is 41.2. The monoisotopic (exact) mass is 518 g/mol. The summed E-state index contributed by atoms with van der Waals surface area (Å²) in [5, 5.41) is 2.73. The molecule has 0 spiro atoms. The standard InChI is InChI=1S/C28H42N2O5S/c1-19-20(2)22(4)26(23(5)21(19)3)36(32,33)30-25(18-34-17-24-13-10-9-11-14-24)15-12-16-29-27(31)35-28(6,7)8/h9-11,13-14,25,30H,12,15-18H2,1-8H3,(H,29,31)/t25-/m0/s1. The molecule has 7 nitrogen and oxygen atoms in total. The maximum atomic E-state index is 13.6. The van der Waals surface area contributed by atoms with Gasteiger partial charge in [-0.15, -0.1) is 0 Å². The molecule has 0 saturated carbocycles. The van der Waals surface area contributed by atoms with Gasteiger partial charge in [0, 0.05) is 12.6 Å². The van der Waals surface area contributed by atoms with Crippen LogP contribution in [-0.4, -0.2) is 39.3 Å². The first-order valence-corrected chi connectivity index (χ1v) is 13.9. The second kappa shape index (κ2) is 12.7. The van der Waals surface area contributed by atoms with E-state index in [4.69, 9.17) is 9.47 Å². The molecule has 0 saturated heterocycles. The lowest BCUT2D eigenvalue weighted by atomic mass is 9.95. The van der Waals surface area contributed by atoms with E-state index in [0.29, 0.717) is 30.9 Å². The predicted octanol–water partition coefficient (Wildman–Crippen LogP) is 5.40. The Bertz CT molecular complexity index is 1110. The summed E-state index contributed by atoms with van der Waals surface area (Å²) in [6.45, 7) is 16.0. The summed E-state index contributed by atoms with van der Waals surface area (Å²) in [5.41, 5.74) is 5.04. The van der Waals surface area contributed by atoms with Crippen LogP contribution in [0.3, 0.4) is 0 Å². The van der Waals surface area contributed by atoms with Crippen molar-refractivity contribution in [1.29, 1.82) is 0 Å². The molecule has 200 valence electrons. The summed E-state index contributed by atoms with van der Waals surface area (Å²) >= 11 is 0. The van der Waals surface area contributed by atoms with E-state index in [1.165, 1.54) is 0 Å². The lowest BCUT2D eigenvalue weighted by Crippen LogP contribution is -2.40. The molecule has 2 N–H and O–H groups in total. The number of amides is 1. The SMILES string of the molecule is Cc1c(C)c(C)c(S(=O)(=O)N[C@@H](CCCNC(=O)OC(C)(C)C)COCc2ccccc2)c(C)c1C. The zero-order valence-electron chi connectivity index (χ0n) is 22.9. The molecule has 0 unspecified atom stereocenters. The molecule has 0 fully saturated rings. The van der Waals surface area contributed by atoms with E-state index in [0.717, 1.165) is 33.4 Å². The molecule has 1 atom stereocenters. The van der Waals surface area contributed by atoms with Gasteiger partial charge in [-0.05, 0) is 102 Å². The lowest BCUT2D eigenvalue weighted by Gasteiger charge is -2.23. The van der Waals surface area contributed by atoms with Crippen LogP contribution in [0, 0.1) is 34.6 Å². The quantitative estimate of drug-likeness (QED) is 0.389. The van der Waals surface area contributed by atoms with E-state index >= 15 is 0 Å². The molecule has 0 aliphatic carbocycles. The molecule has 2 aromatic rings. The van der Waals surface area contributed by atoms with E-state index in [-0.39, 0.29) is 6.61 Å². The number of sulfonamides is 1. The van der Waals surface area contributed by atoms with Crippen LogP contribution in [0.5, 0.6) is 0 Å². The Morgan fingerprint density at radius 1 is 0.917 bits per heavy atom. The molecular weight excluding hydrogens is 476 g/mol. The number of carbonyl (C=O) groups excluding carboxylic acids is 1. The average molecular weight is 519 g/mol. The van der Waals surface area contributed by atoms with Crippen molar-refractivity contribution in [3.05, 3.63) is 63.7 Å². The van der Waals surface area contributed by atoms with Crippen molar-refractivity contribution in [2.75, 3.05) is 13.2 Å². The highest BCUT2D eigenvalue weighted by Gasteiger charge is 2.26. The molecule has 36 heavy (non-hydrogen) atoms. The van der Waals surface area contributed by atoms with Gasteiger partial charge < -0.3 is 14.8 Å². The lowest BCUT2D eigenvalue weighted by molar-refractivity contribution is 0.0525. The molecule has 0 bridgehead atoms. The number of benzene rings is 2.